The highest BCUT2D eigenvalue weighted by Crippen LogP contribution is 2.29. The van der Waals surface area contributed by atoms with Gasteiger partial charge >= 0.3 is 0 Å². The molecule has 0 bridgehead atoms. The summed E-state index contributed by atoms with van der Waals surface area (Å²) < 4.78 is 6.96. The molecule has 1 atom stereocenters. The maximum atomic E-state index is 6.21. The number of rotatable bonds is 3. The number of aryl methyl sites for hydroxylation is 1. The van der Waals surface area contributed by atoms with Gasteiger partial charge in [0.15, 0.2) is 5.82 Å². The van der Waals surface area contributed by atoms with Crippen molar-refractivity contribution < 1.29 is 4.52 Å². The van der Waals surface area contributed by atoms with Crippen molar-refractivity contribution in [2.75, 3.05) is 0 Å². The van der Waals surface area contributed by atoms with Crippen molar-refractivity contribution >= 4 is 34.2 Å². The summed E-state index contributed by atoms with van der Waals surface area (Å²) in [6, 6.07) is 5.64. The predicted octanol–water partition coefficient (Wildman–Crippen LogP) is 3.73. The van der Waals surface area contributed by atoms with Crippen LogP contribution in [0.15, 0.2) is 22.7 Å². The number of imidazole rings is 1. The molecule has 0 aliphatic heterocycles. The van der Waals surface area contributed by atoms with Crippen LogP contribution >= 0.6 is 23.2 Å². The third kappa shape index (κ3) is 2.27. The van der Waals surface area contributed by atoms with Crippen molar-refractivity contribution in [1.82, 2.24) is 19.7 Å². The zero-order valence-corrected chi connectivity index (χ0v) is 12.5. The van der Waals surface area contributed by atoms with Crippen LogP contribution in [0.3, 0.4) is 0 Å². The van der Waals surface area contributed by atoms with E-state index in [1.165, 1.54) is 0 Å². The quantitative estimate of drug-likeness (QED) is 0.692. The third-order valence-corrected chi connectivity index (χ3v) is 3.48. The second kappa shape index (κ2) is 5.07. The Kier molecular flexibility index (Phi) is 3.40. The fourth-order valence-corrected chi connectivity index (χ4v) is 2.53. The summed E-state index contributed by atoms with van der Waals surface area (Å²) in [6.45, 7) is 4.07. The van der Waals surface area contributed by atoms with Crippen LogP contribution in [0, 0.1) is 6.92 Å². The first-order chi connectivity index (χ1) is 9.56. The van der Waals surface area contributed by atoms with Crippen molar-refractivity contribution in [3.63, 3.8) is 0 Å². The van der Waals surface area contributed by atoms with Crippen molar-refractivity contribution in [3.8, 4) is 0 Å². The van der Waals surface area contributed by atoms with E-state index in [-0.39, 0.29) is 5.38 Å². The van der Waals surface area contributed by atoms with Gasteiger partial charge in [-0.1, -0.05) is 22.8 Å². The van der Waals surface area contributed by atoms with E-state index in [9.17, 15) is 0 Å². The van der Waals surface area contributed by atoms with Gasteiger partial charge in [0.25, 0.3) is 0 Å². The molecule has 1 unspecified atom stereocenters. The molecular weight excluding hydrogens is 299 g/mol. The van der Waals surface area contributed by atoms with E-state index in [1.807, 2.05) is 29.7 Å². The Labute approximate surface area is 125 Å². The molecule has 20 heavy (non-hydrogen) atoms. The van der Waals surface area contributed by atoms with Gasteiger partial charge in [-0.3, -0.25) is 0 Å². The average Bonchev–Trinajstić information content (AvgIpc) is 2.96. The van der Waals surface area contributed by atoms with E-state index in [4.69, 9.17) is 27.7 Å². The molecule has 0 radical (unpaired) electrons. The van der Waals surface area contributed by atoms with Crippen LogP contribution in [0.25, 0.3) is 11.0 Å². The molecule has 0 fully saturated rings. The molecule has 0 spiro atoms. The highest BCUT2D eigenvalue weighted by Gasteiger charge is 2.18. The number of benzene rings is 1. The molecule has 104 valence electrons. The normalized spacial score (nSPS) is 13.0. The monoisotopic (exact) mass is 310 g/mol. The summed E-state index contributed by atoms with van der Waals surface area (Å²) in [4.78, 5) is 8.74. The van der Waals surface area contributed by atoms with Gasteiger partial charge in [-0.05, 0) is 19.1 Å². The van der Waals surface area contributed by atoms with Gasteiger partial charge < -0.3 is 9.09 Å². The second-order valence-electron chi connectivity index (χ2n) is 4.51. The molecule has 0 saturated carbocycles. The maximum absolute atomic E-state index is 6.21. The lowest BCUT2D eigenvalue weighted by molar-refractivity contribution is 0.386. The number of halogens is 2. The lowest BCUT2D eigenvalue weighted by atomic mass is 10.3. The zero-order valence-electron chi connectivity index (χ0n) is 11.0. The molecule has 2 heterocycles. The number of fused-ring (bicyclic) bond motifs is 1. The van der Waals surface area contributed by atoms with Gasteiger partial charge in [0.1, 0.15) is 11.3 Å². The number of alkyl halides is 1. The van der Waals surface area contributed by atoms with Crippen LogP contribution in [0.2, 0.25) is 5.02 Å². The third-order valence-electron chi connectivity index (χ3n) is 2.98. The molecular formula is C13H12Cl2N4O. The van der Waals surface area contributed by atoms with E-state index < -0.39 is 0 Å². The van der Waals surface area contributed by atoms with Gasteiger partial charge in [-0.25, -0.2) is 4.98 Å². The Morgan fingerprint density at radius 3 is 2.80 bits per heavy atom. The lowest BCUT2D eigenvalue weighted by Gasteiger charge is -2.07. The largest absolute Gasteiger partial charge is 0.340 e. The smallest absolute Gasteiger partial charge is 0.223 e. The van der Waals surface area contributed by atoms with Crippen molar-refractivity contribution in [2.45, 2.75) is 25.8 Å². The fourth-order valence-electron chi connectivity index (χ4n) is 2.15. The van der Waals surface area contributed by atoms with Crippen molar-refractivity contribution in [3.05, 3.63) is 40.8 Å². The van der Waals surface area contributed by atoms with Gasteiger partial charge in [-0.15, -0.1) is 11.6 Å². The number of nitrogens with zero attached hydrogens (tertiary/aromatic N) is 4. The number of hydrogen-bond acceptors (Lipinski definition) is 4. The average molecular weight is 311 g/mol. The van der Waals surface area contributed by atoms with Gasteiger partial charge in [0, 0.05) is 6.92 Å². The topological polar surface area (TPSA) is 56.7 Å². The summed E-state index contributed by atoms with van der Waals surface area (Å²) in [5.74, 6) is 1.85. The Bertz CT molecular complexity index is 763. The fraction of sp³-hybridized carbons (Fsp3) is 0.308. The molecule has 7 heteroatoms. The van der Waals surface area contributed by atoms with Gasteiger partial charge in [0.05, 0.1) is 22.5 Å². The molecule has 0 amide bonds. The molecule has 0 aliphatic rings. The zero-order chi connectivity index (χ0) is 14.3. The highest BCUT2D eigenvalue weighted by molar-refractivity contribution is 6.35. The minimum absolute atomic E-state index is 0.244. The highest BCUT2D eigenvalue weighted by atomic mass is 35.5. The van der Waals surface area contributed by atoms with Crippen LogP contribution in [-0.4, -0.2) is 19.7 Å². The van der Waals surface area contributed by atoms with Gasteiger partial charge in [0.2, 0.25) is 5.89 Å². The van der Waals surface area contributed by atoms with Crippen LogP contribution in [0.4, 0.5) is 0 Å². The second-order valence-corrected chi connectivity index (χ2v) is 5.57. The van der Waals surface area contributed by atoms with Crippen molar-refractivity contribution in [2.24, 2.45) is 0 Å². The summed E-state index contributed by atoms with van der Waals surface area (Å²) in [6.07, 6.45) is 0. The molecule has 5 nitrogen and oxygen atoms in total. The first-order valence-corrected chi connectivity index (χ1v) is 6.95. The molecule has 2 aromatic heterocycles. The number of hydrogen-bond donors (Lipinski definition) is 0. The summed E-state index contributed by atoms with van der Waals surface area (Å²) in [5.41, 5.74) is 1.64. The summed E-state index contributed by atoms with van der Waals surface area (Å²) in [7, 11) is 0. The Hall–Kier alpha value is -1.59. The van der Waals surface area contributed by atoms with E-state index in [0.29, 0.717) is 23.3 Å². The number of aromatic nitrogens is 4. The van der Waals surface area contributed by atoms with Crippen molar-refractivity contribution in [1.29, 1.82) is 0 Å². The Morgan fingerprint density at radius 1 is 1.35 bits per heavy atom. The Balaban J connectivity index is 2.16. The summed E-state index contributed by atoms with van der Waals surface area (Å²) in [5, 5.41) is 4.27. The molecule has 0 aliphatic carbocycles. The minimum atomic E-state index is -0.244. The molecule has 1 aromatic carbocycles. The molecule has 0 saturated heterocycles. The lowest BCUT2D eigenvalue weighted by Crippen LogP contribution is -2.07. The van der Waals surface area contributed by atoms with E-state index >= 15 is 0 Å². The number of para-hydroxylation sites is 1. The first-order valence-electron chi connectivity index (χ1n) is 6.14. The standard InChI is InChI=1S/C13H12Cl2N4O/c1-7(14)13-17-12-9(15)4-3-5-10(12)19(13)6-11-16-8(2)20-18-11/h3-5,7H,6H2,1-2H3. The predicted molar refractivity (Wildman–Crippen MR) is 77.1 cm³/mol. The maximum Gasteiger partial charge on any atom is 0.223 e. The molecule has 3 aromatic rings. The van der Waals surface area contributed by atoms with Crippen LogP contribution in [0.5, 0.6) is 0 Å². The van der Waals surface area contributed by atoms with Gasteiger partial charge in [-0.2, -0.15) is 4.98 Å². The van der Waals surface area contributed by atoms with Crippen LogP contribution in [0.1, 0.15) is 29.8 Å². The minimum Gasteiger partial charge on any atom is -0.340 e. The SMILES string of the molecule is Cc1nc(Cn2c(C(C)Cl)nc3c(Cl)cccc32)no1. The van der Waals surface area contributed by atoms with Crippen LogP contribution < -0.4 is 0 Å². The molecule has 0 N–H and O–H groups in total. The molecule has 3 rings (SSSR count). The van der Waals surface area contributed by atoms with Crippen LogP contribution in [-0.2, 0) is 6.54 Å². The Morgan fingerprint density at radius 2 is 2.15 bits per heavy atom. The van der Waals surface area contributed by atoms with E-state index in [0.717, 1.165) is 16.9 Å². The van der Waals surface area contributed by atoms with E-state index in [2.05, 4.69) is 15.1 Å². The van der Waals surface area contributed by atoms with E-state index in [1.54, 1.807) is 6.92 Å². The first kappa shape index (κ1) is 13.4. The summed E-state index contributed by atoms with van der Waals surface area (Å²) >= 11 is 12.4.